The van der Waals surface area contributed by atoms with Crippen LogP contribution >= 0.6 is 0 Å². The molecule has 26 heavy (non-hydrogen) atoms. The summed E-state index contributed by atoms with van der Waals surface area (Å²) < 4.78 is 28.6. The van der Waals surface area contributed by atoms with Crippen molar-refractivity contribution in [1.29, 1.82) is 0 Å². The van der Waals surface area contributed by atoms with E-state index < -0.39 is 10.0 Å². The first kappa shape index (κ1) is 19.0. The van der Waals surface area contributed by atoms with Crippen molar-refractivity contribution >= 4 is 10.0 Å². The topological polar surface area (TPSA) is 53.5 Å². The largest absolute Gasteiger partial charge is 0.306 e. The van der Waals surface area contributed by atoms with Gasteiger partial charge in [0.05, 0.1) is 4.90 Å². The van der Waals surface area contributed by atoms with Gasteiger partial charge in [-0.2, -0.15) is 4.31 Å². The molecule has 1 aromatic carbocycles. The second kappa shape index (κ2) is 7.86. The van der Waals surface area contributed by atoms with Crippen molar-refractivity contribution in [2.24, 2.45) is 0 Å². The van der Waals surface area contributed by atoms with Crippen molar-refractivity contribution in [2.75, 3.05) is 20.1 Å². The molecule has 0 aliphatic carbocycles. The third-order valence-corrected chi connectivity index (χ3v) is 7.14. The highest BCUT2D eigenvalue weighted by Crippen LogP contribution is 2.27. The zero-order chi connectivity index (χ0) is 18.7. The molecule has 0 bridgehead atoms. The van der Waals surface area contributed by atoms with Crippen LogP contribution < -0.4 is 0 Å². The summed E-state index contributed by atoms with van der Waals surface area (Å²) in [6, 6.07) is 9.20. The van der Waals surface area contributed by atoms with Gasteiger partial charge in [-0.05, 0) is 81.7 Å². The summed E-state index contributed by atoms with van der Waals surface area (Å²) in [5, 5.41) is 0. The van der Waals surface area contributed by atoms with Crippen molar-refractivity contribution in [2.45, 2.75) is 44.2 Å². The molecule has 0 radical (unpaired) electrons. The monoisotopic (exact) mass is 373 g/mol. The highest BCUT2D eigenvalue weighted by Gasteiger charge is 2.33. The zero-order valence-corrected chi connectivity index (χ0v) is 16.5. The Kier molecular flexibility index (Phi) is 5.75. The predicted octanol–water partition coefficient (Wildman–Crippen LogP) is 2.98. The molecule has 140 valence electrons. The molecule has 3 rings (SSSR count). The number of benzene rings is 1. The number of likely N-dealkylation sites (tertiary alicyclic amines) is 1. The average molecular weight is 374 g/mol. The number of aryl methyl sites for hydroxylation is 2. The molecule has 0 unspecified atom stereocenters. The van der Waals surface area contributed by atoms with Gasteiger partial charge >= 0.3 is 0 Å². The van der Waals surface area contributed by atoms with E-state index in [1.807, 2.05) is 32.0 Å². The molecule has 6 heteroatoms. The normalized spacial score (nSPS) is 16.9. The van der Waals surface area contributed by atoms with Crippen LogP contribution in [0.3, 0.4) is 0 Å². The molecule has 1 aliphatic rings. The minimum Gasteiger partial charge on any atom is -0.306 e. The molecule has 1 fully saturated rings. The maximum Gasteiger partial charge on any atom is 0.243 e. The third kappa shape index (κ3) is 4.14. The highest BCUT2D eigenvalue weighted by molar-refractivity contribution is 7.89. The highest BCUT2D eigenvalue weighted by atomic mass is 32.2. The molecule has 1 aromatic heterocycles. The lowest BCUT2D eigenvalue weighted by Crippen LogP contribution is -2.46. The number of pyridine rings is 1. The first-order valence-electron chi connectivity index (χ1n) is 9.04. The van der Waals surface area contributed by atoms with Crippen LogP contribution in [0.5, 0.6) is 0 Å². The Bertz CT molecular complexity index is 845. The van der Waals surface area contributed by atoms with E-state index in [1.54, 1.807) is 28.8 Å². The van der Waals surface area contributed by atoms with Crippen LogP contribution in [0.4, 0.5) is 0 Å². The van der Waals surface area contributed by atoms with Crippen LogP contribution in [0.1, 0.15) is 29.5 Å². The molecule has 2 heterocycles. The second-order valence-electron chi connectivity index (χ2n) is 7.19. The predicted molar refractivity (Wildman–Crippen MR) is 103 cm³/mol. The maximum atomic E-state index is 13.5. The van der Waals surface area contributed by atoms with Gasteiger partial charge in [0.1, 0.15) is 0 Å². The number of rotatable bonds is 5. The van der Waals surface area contributed by atoms with Crippen LogP contribution in [-0.4, -0.2) is 48.8 Å². The zero-order valence-electron chi connectivity index (χ0n) is 15.7. The van der Waals surface area contributed by atoms with Crippen molar-refractivity contribution in [3.05, 3.63) is 59.4 Å². The van der Waals surface area contributed by atoms with Gasteiger partial charge in [0, 0.05) is 25.0 Å². The molecule has 0 N–H and O–H groups in total. The maximum absolute atomic E-state index is 13.5. The molecular formula is C20H27N3O2S. The quantitative estimate of drug-likeness (QED) is 0.808. The van der Waals surface area contributed by atoms with Gasteiger partial charge in [-0.25, -0.2) is 8.42 Å². The van der Waals surface area contributed by atoms with Gasteiger partial charge < -0.3 is 4.90 Å². The van der Waals surface area contributed by atoms with Crippen LogP contribution in [0.2, 0.25) is 0 Å². The lowest BCUT2D eigenvalue weighted by molar-refractivity contribution is 0.179. The van der Waals surface area contributed by atoms with E-state index in [-0.39, 0.29) is 6.04 Å². The molecule has 1 saturated heterocycles. The number of hydrogen-bond donors (Lipinski definition) is 0. The Morgan fingerprint density at radius 3 is 2.50 bits per heavy atom. The summed E-state index contributed by atoms with van der Waals surface area (Å²) in [6.45, 7) is 6.14. The third-order valence-electron chi connectivity index (χ3n) is 5.24. The van der Waals surface area contributed by atoms with Crippen molar-refractivity contribution in [3.63, 3.8) is 0 Å². The summed E-state index contributed by atoms with van der Waals surface area (Å²) in [5.41, 5.74) is 3.01. The number of aromatic nitrogens is 1. The summed E-state index contributed by atoms with van der Waals surface area (Å²) >= 11 is 0. The van der Waals surface area contributed by atoms with E-state index >= 15 is 0 Å². The van der Waals surface area contributed by atoms with Crippen molar-refractivity contribution < 1.29 is 8.42 Å². The molecule has 0 spiro atoms. The molecule has 0 saturated carbocycles. The first-order valence-corrected chi connectivity index (χ1v) is 10.5. The second-order valence-corrected chi connectivity index (χ2v) is 9.08. The van der Waals surface area contributed by atoms with Gasteiger partial charge in [0.15, 0.2) is 0 Å². The standard InChI is InChI=1S/C20H27N3O2S/c1-16-6-7-20(13-17(16)2)26(24,25)23(15-18-5-4-10-21-14-18)19-8-11-22(3)12-9-19/h4-7,10,13-14,19H,8-9,11-12,15H2,1-3H3. The SMILES string of the molecule is Cc1ccc(S(=O)(=O)N(Cc2cccnc2)C2CCN(C)CC2)cc1C. The summed E-state index contributed by atoms with van der Waals surface area (Å²) in [5.74, 6) is 0. The summed E-state index contributed by atoms with van der Waals surface area (Å²) in [7, 11) is -1.49. The Morgan fingerprint density at radius 2 is 1.88 bits per heavy atom. The molecular weight excluding hydrogens is 346 g/mol. The number of nitrogens with zero attached hydrogens (tertiary/aromatic N) is 3. The molecule has 5 nitrogen and oxygen atoms in total. The van der Waals surface area contributed by atoms with Crippen LogP contribution in [0.25, 0.3) is 0 Å². The van der Waals surface area contributed by atoms with E-state index in [0.29, 0.717) is 11.4 Å². The Morgan fingerprint density at radius 1 is 1.15 bits per heavy atom. The number of hydrogen-bond acceptors (Lipinski definition) is 4. The van der Waals surface area contributed by atoms with Gasteiger partial charge in [-0.3, -0.25) is 4.98 Å². The van der Waals surface area contributed by atoms with E-state index in [9.17, 15) is 8.42 Å². The fourth-order valence-electron chi connectivity index (χ4n) is 3.37. The smallest absolute Gasteiger partial charge is 0.243 e. The van der Waals surface area contributed by atoms with Gasteiger partial charge in [-0.1, -0.05) is 12.1 Å². The van der Waals surface area contributed by atoms with E-state index in [1.165, 1.54) is 0 Å². The Hall–Kier alpha value is -1.76. The van der Waals surface area contributed by atoms with Gasteiger partial charge in [0.2, 0.25) is 10.0 Å². The molecule has 1 aliphatic heterocycles. The Labute approximate surface area is 156 Å². The summed E-state index contributed by atoms with van der Waals surface area (Å²) in [6.07, 6.45) is 5.15. The minimum atomic E-state index is -3.57. The van der Waals surface area contributed by atoms with Gasteiger partial charge in [0.25, 0.3) is 0 Å². The summed E-state index contributed by atoms with van der Waals surface area (Å²) in [4.78, 5) is 6.78. The fourth-order valence-corrected chi connectivity index (χ4v) is 5.13. The molecule has 2 aromatic rings. The average Bonchev–Trinajstić information content (AvgIpc) is 2.63. The lowest BCUT2D eigenvalue weighted by Gasteiger charge is -2.36. The van der Waals surface area contributed by atoms with E-state index in [0.717, 1.165) is 42.6 Å². The fraction of sp³-hybridized carbons (Fsp3) is 0.450. The number of sulfonamides is 1. The lowest BCUT2D eigenvalue weighted by atomic mass is 10.1. The van der Waals surface area contributed by atoms with Crippen molar-refractivity contribution in [1.82, 2.24) is 14.2 Å². The Balaban J connectivity index is 1.96. The molecule has 0 atom stereocenters. The first-order chi connectivity index (χ1) is 12.4. The van der Waals surface area contributed by atoms with E-state index in [2.05, 4.69) is 16.9 Å². The van der Waals surface area contributed by atoms with Gasteiger partial charge in [-0.15, -0.1) is 0 Å². The number of piperidine rings is 1. The van der Waals surface area contributed by atoms with Crippen LogP contribution in [-0.2, 0) is 16.6 Å². The minimum absolute atomic E-state index is 0.0121. The van der Waals surface area contributed by atoms with Crippen LogP contribution in [0, 0.1) is 13.8 Å². The molecule has 0 amide bonds. The van der Waals surface area contributed by atoms with Crippen LogP contribution in [0.15, 0.2) is 47.6 Å². The van der Waals surface area contributed by atoms with Crippen molar-refractivity contribution in [3.8, 4) is 0 Å². The van der Waals surface area contributed by atoms with E-state index in [4.69, 9.17) is 0 Å².